The lowest BCUT2D eigenvalue weighted by molar-refractivity contribution is 0.740. The van der Waals surface area contributed by atoms with Crippen LogP contribution in [0.5, 0.6) is 0 Å². The van der Waals surface area contributed by atoms with E-state index < -0.39 is 0 Å². The van der Waals surface area contributed by atoms with Crippen molar-refractivity contribution in [3.63, 3.8) is 0 Å². The predicted molar refractivity (Wildman–Crippen MR) is 55.9 cm³/mol. The van der Waals surface area contributed by atoms with Crippen molar-refractivity contribution in [2.75, 3.05) is 0 Å². The Morgan fingerprint density at radius 3 is 3.00 bits per heavy atom. The first-order chi connectivity index (χ1) is 6.25. The van der Waals surface area contributed by atoms with Gasteiger partial charge in [-0.15, -0.1) is 0 Å². The molecule has 0 amide bonds. The van der Waals surface area contributed by atoms with Crippen molar-refractivity contribution >= 4 is 15.9 Å². The fourth-order valence-electron chi connectivity index (χ4n) is 1.44. The Balaban J connectivity index is 2.00. The summed E-state index contributed by atoms with van der Waals surface area (Å²) in [6, 6.07) is 2.00. The van der Waals surface area contributed by atoms with Crippen molar-refractivity contribution in [3.05, 3.63) is 23.8 Å². The Morgan fingerprint density at radius 2 is 2.38 bits per heavy atom. The van der Waals surface area contributed by atoms with Gasteiger partial charge in [0.2, 0.25) is 0 Å². The van der Waals surface area contributed by atoms with Gasteiger partial charge in [0.15, 0.2) is 0 Å². The van der Waals surface area contributed by atoms with E-state index in [0.29, 0.717) is 4.83 Å². The number of halogens is 1. The maximum absolute atomic E-state index is 4.38. The third-order valence-electron chi connectivity index (χ3n) is 2.37. The molecule has 1 fully saturated rings. The molecule has 0 spiro atoms. The van der Waals surface area contributed by atoms with Crippen LogP contribution in [0.3, 0.4) is 0 Å². The molecular formula is C10H13BrN2. The number of nitrogens with zero attached hydrogens (tertiary/aromatic N) is 2. The van der Waals surface area contributed by atoms with Crippen LogP contribution in [0.1, 0.15) is 24.4 Å². The summed E-state index contributed by atoms with van der Waals surface area (Å²) in [5.74, 6) is 1.75. The van der Waals surface area contributed by atoms with Crippen LogP contribution in [0.2, 0.25) is 0 Å². The zero-order chi connectivity index (χ0) is 9.26. The number of rotatable bonds is 3. The number of aryl methyl sites for hydroxylation is 1. The van der Waals surface area contributed by atoms with Gasteiger partial charge in [-0.05, 0) is 31.7 Å². The maximum atomic E-state index is 4.38. The lowest BCUT2D eigenvalue weighted by Gasteiger charge is -2.06. The molecule has 0 aliphatic heterocycles. The molecule has 0 saturated heterocycles. The average molecular weight is 241 g/mol. The molecule has 1 aromatic heterocycles. The molecule has 13 heavy (non-hydrogen) atoms. The molecule has 70 valence electrons. The molecule has 2 rings (SSSR count). The summed E-state index contributed by atoms with van der Waals surface area (Å²) in [5, 5.41) is 0. The number of aromatic nitrogens is 2. The normalized spacial score (nSPS) is 18.6. The molecule has 1 aliphatic carbocycles. The largest absolute Gasteiger partial charge is 0.242 e. The lowest BCUT2D eigenvalue weighted by Crippen LogP contribution is -2.07. The molecule has 1 unspecified atom stereocenters. The second kappa shape index (κ2) is 3.74. The lowest BCUT2D eigenvalue weighted by atomic mass is 10.2. The van der Waals surface area contributed by atoms with Gasteiger partial charge in [0, 0.05) is 23.1 Å². The van der Waals surface area contributed by atoms with E-state index in [1.807, 2.05) is 19.2 Å². The highest BCUT2D eigenvalue weighted by Gasteiger charge is 2.29. The zero-order valence-corrected chi connectivity index (χ0v) is 9.29. The maximum Gasteiger partial charge on any atom is 0.125 e. The summed E-state index contributed by atoms with van der Waals surface area (Å²) >= 11 is 3.71. The highest BCUT2D eigenvalue weighted by molar-refractivity contribution is 9.09. The first-order valence-corrected chi connectivity index (χ1v) is 5.60. The number of hydrogen-bond acceptors (Lipinski definition) is 2. The molecule has 2 nitrogen and oxygen atoms in total. The van der Waals surface area contributed by atoms with Gasteiger partial charge in [-0.1, -0.05) is 15.9 Å². The van der Waals surface area contributed by atoms with E-state index in [-0.39, 0.29) is 0 Å². The molecule has 1 aromatic rings. The van der Waals surface area contributed by atoms with Crippen LogP contribution in [-0.4, -0.2) is 14.8 Å². The molecule has 3 heteroatoms. The van der Waals surface area contributed by atoms with Gasteiger partial charge in [0.1, 0.15) is 5.82 Å². The second-order valence-electron chi connectivity index (χ2n) is 3.65. The molecule has 1 aliphatic rings. The molecular weight excluding hydrogens is 228 g/mol. The third kappa shape index (κ3) is 2.50. The van der Waals surface area contributed by atoms with E-state index in [1.54, 1.807) is 0 Å². The van der Waals surface area contributed by atoms with Crippen LogP contribution in [0.25, 0.3) is 0 Å². The van der Waals surface area contributed by atoms with Gasteiger partial charge >= 0.3 is 0 Å². The fraction of sp³-hybridized carbons (Fsp3) is 0.600. The van der Waals surface area contributed by atoms with Crippen molar-refractivity contribution in [2.45, 2.75) is 31.0 Å². The second-order valence-corrected chi connectivity index (χ2v) is 4.83. The number of alkyl halides is 1. The third-order valence-corrected chi connectivity index (χ3v) is 3.44. The summed E-state index contributed by atoms with van der Waals surface area (Å²) in [5.41, 5.74) is 1.15. The molecule has 0 bridgehead atoms. The van der Waals surface area contributed by atoms with Crippen LogP contribution in [0.15, 0.2) is 12.3 Å². The predicted octanol–water partition coefficient (Wildman–Crippen LogP) is 2.50. The number of hydrogen-bond donors (Lipinski definition) is 0. The summed E-state index contributed by atoms with van der Waals surface area (Å²) in [4.78, 5) is 9.08. The van der Waals surface area contributed by atoms with Crippen molar-refractivity contribution in [1.82, 2.24) is 9.97 Å². The first kappa shape index (κ1) is 9.13. The Bertz CT molecular complexity index is 297. The highest BCUT2D eigenvalue weighted by atomic mass is 79.9. The quantitative estimate of drug-likeness (QED) is 0.760. The Morgan fingerprint density at radius 1 is 1.62 bits per heavy atom. The first-order valence-electron chi connectivity index (χ1n) is 4.68. The van der Waals surface area contributed by atoms with Crippen LogP contribution in [0, 0.1) is 12.8 Å². The van der Waals surface area contributed by atoms with Crippen molar-refractivity contribution in [1.29, 1.82) is 0 Å². The van der Waals surface area contributed by atoms with Gasteiger partial charge in [-0.2, -0.15) is 0 Å². The Labute approximate surface area is 86.9 Å². The highest BCUT2D eigenvalue weighted by Crippen LogP contribution is 2.37. The van der Waals surface area contributed by atoms with Gasteiger partial charge < -0.3 is 0 Å². The van der Waals surface area contributed by atoms with Crippen LogP contribution in [0.4, 0.5) is 0 Å². The Kier molecular flexibility index (Phi) is 2.63. The summed E-state index contributed by atoms with van der Waals surface area (Å²) in [6.45, 7) is 1.93. The molecule has 1 atom stereocenters. The summed E-state index contributed by atoms with van der Waals surface area (Å²) < 4.78 is 0. The van der Waals surface area contributed by atoms with E-state index in [9.17, 15) is 0 Å². The van der Waals surface area contributed by atoms with E-state index in [1.165, 1.54) is 12.8 Å². The minimum Gasteiger partial charge on any atom is -0.242 e. The molecule has 1 saturated carbocycles. The van der Waals surface area contributed by atoms with Crippen LogP contribution in [-0.2, 0) is 6.42 Å². The van der Waals surface area contributed by atoms with E-state index in [4.69, 9.17) is 0 Å². The van der Waals surface area contributed by atoms with Gasteiger partial charge in [0.25, 0.3) is 0 Å². The summed E-state index contributed by atoms with van der Waals surface area (Å²) in [7, 11) is 0. The molecule has 0 aromatic carbocycles. The van der Waals surface area contributed by atoms with Crippen molar-refractivity contribution < 1.29 is 0 Å². The van der Waals surface area contributed by atoms with E-state index in [0.717, 1.165) is 23.9 Å². The summed E-state index contributed by atoms with van der Waals surface area (Å²) in [6.07, 6.45) is 5.62. The molecule has 0 radical (unpaired) electrons. The topological polar surface area (TPSA) is 25.8 Å². The fourth-order valence-corrected chi connectivity index (χ4v) is 2.30. The zero-order valence-electron chi connectivity index (χ0n) is 7.70. The molecule has 0 N–H and O–H groups in total. The van der Waals surface area contributed by atoms with Crippen molar-refractivity contribution in [3.8, 4) is 0 Å². The monoisotopic (exact) mass is 240 g/mol. The standard InChI is InChI=1S/C10H13BrN2/c1-7-12-5-4-9(13-7)6-10(11)8-2-3-8/h4-5,8,10H,2-3,6H2,1H3. The Hall–Kier alpha value is -0.440. The van der Waals surface area contributed by atoms with Gasteiger partial charge in [0.05, 0.1) is 0 Å². The molecule has 1 heterocycles. The van der Waals surface area contributed by atoms with Crippen LogP contribution >= 0.6 is 15.9 Å². The van der Waals surface area contributed by atoms with Crippen LogP contribution < -0.4 is 0 Å². The smallest absolute Gasteiger partial charge is 0.125 e. The average Bonchev–Trinajstić information content (AvgIpc) is 2.85. The van der Waals surface area contributed by atoms with Gasteiger partial charge in [-0.3, -0.25) is 0 Å². The SMILES string of the molecule is Cc1nccc(CC(Br)C2CC2)n1. The van der Waals surface area contributed by atoms with E-state index in [2.05, 4.69) is 25.9 Å². The minimum absolute atomic E-state index is 0.613. The van der Waals surface area contributed by atoms with Gasteiger partial charge in [-0.25, -0.2) is 9.97 Å². The van der Waals surface area contributed by atoms with E-state index >= 15 is 0 Å². The minimum atomic E-state index is 0.613. The van der Waals surface area contributed by atoms with Crippen molar-refractivity contribution in [2.24, 2.45) is 5.92 Å².